The fourth-order valence-corrected chi connectivity index (χ4v) is 2.97. The van der Waals surface area contributed by atoms with Crippen molar-refractivity contribution in [2.75, 3.05) is 19.6 Å². The van der Waals surface area contributed by atoms with Crippen LogP contribution in [0.15, 0.2) is 0 Å². The van der Waals surface area contributed by atoms with E-state index in [9.17, 15) is 4.79 Å². The number of rotatable bonds is 1. The molecule has 1 saturated carbocycles. The van der Waals surface area contributed by atoms with E-state index in [0.717, 1.165) is 38.4 Å². The van der Waals surface area contributed by atoms with Gasteiger partial charge in [0.15, 0.2) is 0 Å². The van der Waals surface area contributed by atoms with Gasteiger partial charge < -0.3 is 10.2 Å². The van der Waals surface area contributed by atoms with Crippen molar-refractivity contribution in [1.29, 1.82) is 0 Å². The first-order valence-corrected chi connectivity index (χ1v) is 5.86. The minimum atomic E-state index is 0.384. The van der Waals surface area contributed by atoms with Crippen LogP contribution in [0.5, 0.6) is 0 Å². The van der Waals surface area contributed by atoms with Gasteiger partial charge in [0.1, 0.15) is 0 Å². The third kappa shape index (κ3) is 1.26. The summed E-state index contributed by atoms with van der Waals surface area (Å²) in [4.78, 5) is 14.2. The summed E-state index contributed by atoms with van der Waals surface area (Å²) in [6, 6.07) is 0.516. The highest BCUT2D eigenvalue weighted by atomic mass is 16.2. The Morgan fingerprint density at radius 3 is 2.79 bits per heavy atom. The van der Waals surface area contributed by atoms with E-state index >= 15 is 0 Å². The molecular formula is C11H18N2O. The highest BCUT2D eigenvalue weighted by molar-refractivity contribution is 5.80. The smallest absolute Gasteiger partial charge is 0.225 e. The molecule has 2 atom stereocenters. The minimum Gasteiger partial charge on any atom is -0.338 e. The lowest BCUT2D eigenvalue weighted by molar-refractivity contribution is -0.138. The number of fused-ring (bicyclic) bond motifs is 2. The van der Waals surface area contributed by atoms with Crippen molar-refractivity contribution < 1.29 is 4.79 Å². The Morgan fingerprint density at radius 1 is 1.29 bits per heavy atom. The zero-order valence-electron chi connectivity index (χ0n) is 8.54. The maximum atomic E-state index is 12.1. The number of piperidine rings is 1. The van der Waals surface area contributed by atoms with Crippen LogP contribution in [0.1, 0.15) is 25.7 Å². The average Bonchev–Trinajstić information content (AvgIpc) is 2.38. The Bertz CT molecular complexity index is 250. The minimum absolute atomic E-state index is 0.384. The van der Waals surface area contributed by atoms with Gasteiger partial charge in [0.2, 0.25) is 5.91 Å². The molecule has 0 aromatic rings. The summed E-state index contributed by atoms with van der Waals surface area (Å²) in [5.41, 5.74) is 0. The first kappa shape index (κ1) is 8.72. The molecule has 2 heterocycles. The molecular weight excluding hydrogens is 176 g/mol. The van der Waals surface area contributed by atoms with Crippen LogP contribution < -0.4 is 5.32 Å². The van der Waals surface area contributed by atoms with E-state index in [1.807, 2.05) is 0 Å². The number of hydrogen-bond donors (Lipinski definition) is 1. The predicted molar refractivity (Wildman–Crippen MR) is 53.8 cm³/mol. The lowest BCUT2D eigenvalue weighted by Gasteiger charge is -2.32. The van der Waals surface area contributed by atoms with E-state index in [1.54, 1.807) is 0 Å². The molecule has 2 bridgehead atoms. The van der Waals surface area contributed by atoms with Crippen molar-refractivity contribution >= 4 is 5.91 Å². The Hall–Kier alpha value is -0.570. The molecule has 0 aromatic carbocycles. The third-order valence-electron chi connectivity index (χ3n) is 4.05. The standard InChI is InChI=1S/C11H18N2O/c14-11(9-2-1-3-9)13-7-8-4-10(13)6-12-5-8/h8-10,12H,1-7H2/t8-,10?/m1/s1. The van der Waals surface area contributed by atoms with Crippen LogP contribution in [0.25, 0.3) is 0 Å². The third-order valence-corrected chi connectivity index (χ3v) is 4.05. The summed E-state index contributed by atoms with van der Waals surface area (Å²) in [5.74, 6) is 1.57. The fourth-order valence-electron chi connectivity index (χ4n) is 2.97. The summed E-state index contributed by atoms with van der Waals surface area (Å²) in [5, 5.41) is 3.41. The molecule has 1 N–H and O–H groups in total. The van der Waals surface area contributed by atoms with E-state index in [0.29, 0.717) is 17.9 Å². The van der Waals surface area contributed by atoms with Crippen molar-refractivity contribution in [3.8, 4) is 0 Å². The summed E-state index contributed by atoms with van der Waals surface area (Å²) in [6.07, 6.45) is 4.78. The number of nitrogens with one attached hydrogen (secondary N) is 1. The number of likely N-dealkylation sites (tertiary alicyclic amines) is 1. The van der Waals surface area contributed by atoms with Crippen LogP contribution in [0.4, 0.5) is 0 Å². The van der Waals surface area contributed by atoms with Gasteiger partial charge in [0, 0.05) is 25.0 Å². The molecule has 3 fully saturated rings. The summed E-state index contributed by atoms with van der Waals surface area (Å²) < 4.78 is 0. The number of amides is 1. The second kappa shape index (κ2) is 3.23. The molecule has 1 aliphatic carbocycles. The summed E-state index contributed by atoms with van der Waals surface area (Å²) in [7, 11) is 0. The molecule has 1 amide bonds. The highest BCUT2D eigenvalue weighted by Gasteiger charge is 2.40. The van der Waals surface area contributed by atoms with E-state index in [-0.39, 0.29) is 0 Å². The lowest BCUT2D eigenvalue weighted by atomic mass is 9.84. The zero-order chi connectivity index (χ0) is 9.54. The molecule has 3 rings (SSSR count). The van der Waals surface area contributed by atoms with Crippen molar-refractivity contribution in [3.05, 3.63) is 0 Å². The molecule has 0 aromatic heterocycles. The van der Waals surface area contributed by atoms with Crippen molar-refractivity contribution in [1.82, 2.24) is 10.2 Å². The van der Waals surface area contributed by atoms with Gasteiger partial charge in [-0.05, 0) is 31.7 Å². The van der Waals surface area contributed by atoms with E-state index in [1.165, 1.54) is 12.8 Å². The normalized spacial score (nSPS) is 37.0. The monoisotopic (exact) mass is 194 g/mol. The van der Waals surface area contributed by atoms with Crippen molar-refractivity contribution in [2.45, 2.75) is 31.7 Å². The SMILES string of the molecule is O=C(C1CCC1)N1C[C@H]2CNCC1C2. The highest BCUT2D eigenvalue weighted by Crippen LogP contribution is 2.33. The van der Waals surface area contributed by atoms with Gasteiger partial charge in [0.25, 0.3) is 0 Å². The number of carbonyl (C=O) groups is 1. The predicted octanol–water partition coefficient (Wildman–Crippen LogP) is 0.607. The maximum Gasteiger partial charge on any atom is 0.225 e. The first-order valence-electron chi connectivity index (χ1n) is 5.86. The quantitative estimate of drug-likeness (QED) is 0.663. The van der Waals surface area contributed by atoms with Gasteiger partial charge in [-0.15, -0.1) is 0 Å². The summed E-state index contributed by atoms with van der Waals surface area (Å²) in [6.45, 7) is 3.16. The van der Waals surface area contributed by atoms with E-state index in [4.69, 9.17) is 0 Å². The van der Waals surface area contributed by atoms with Crippen LogP contribution >= 0.6 is 0 Å². The van der Waals surface area contributed by atoms with Crippen molar-refractivity contribution in [3.63, 3.8) is 0 Å². The number of carbonyl (C=O) groups excluding carboxylic acids is 1. The molecule has 2 saturated heterocycles. The van der Waals surface area contributed by atoms with Gasteiger partial charge in [-0.1, -0.05) is 6.42 Å². The molecule has 0 spiro atoms. The number of hydrogen-bond acceptors (Lipinski definition) is 2. The van der Waals surface area contributed by atoms with Gasteiger partial charge in [-0.25, -0.2) is 0 Å². The van der Waals surface area contributed by atoms with E-state index < -0.39 is 0 Å². The number of nitrogens with zero attached hydrogens (tertiary/aromatic N) is 1. The van der Waals surface area contributed by atoms with Crippen LogP contribution in [0.2, 0.25) is 0 Å². The molecule has 78 valence electrons. The lowest BCUT2D eigenvalue weighted by Crippen LogP contribution is -2.45. The second-order valence-electron chi connectivity index (χ2n) is 5.03. The fraction of sp³-hybridized carbons (Fsp3) is 0.909. The topological polar surface area (TPSA) is 32.3 Å². The van der Waals surface area contributed by atoms with E-state index in [2.05, 4.69) is 10.2 Å². The molecule has 14 heavy (non-hydrogen) atoms. The van der Waals surface area contributed by atoms with Gasteiger partial charge in [-0.3, -0.25) is 4.79 Å². The summed E-state index contributed by atoms with van der Waals surface area (Å²) >= 11 is 0. The van der Waals surface area contributed by atoms with Crippen LogP contribution in [-0.2, 0) is 4.79 Å². The average molecular weight is 194 g/mol. The first-order chi connectivity index (χ1) is 6.84. The molecule has 1 unspecified atom stereocenters. The Balaban J connectivity index is 1.69. The van der Waals surface area contributed by atoms with Crippen LogP contribution in [0.3, 0.4) is 0 Å². The Labute approximate surface area is 84.8 Å². The van der Waals surface area contributed by atoms with Gasteiger partial charge in [0.05, 0.1) is 0 Å². The van der Waals surface area contributed by atoms with Crippen molar-refractivity contribution in [2.24, 2.45) is 11.8 Å². The van der Waals surface area contributed by atoms with Gasteiger partial charge in [-0.2, -0.15) is 0 Å². The molecule has 0 radical (unpaired) electrons. The van der Waals surface area contributed by atoms with Crippen LogP contribution in [-0.4, -0.2) is 36.5 Å². The zero-order valence-corrected chi connectivity index (χ0v) is 8.54. The van der Waals surface area contributed by atoms with Gasteiger partial charge >= 0.3 is 0 Å². The molecule has 3 nitrogen and oxygen atoms in total. The molecule has 2 aliphatic heterocycles. The largest absolute Gasteiger partial charge is 0.338 e. The molecule has 3 heteroatoms. The Kier molecular flexibility index (Phi) is 2.01. The molecule has 3 aliphatic rings. The maximum absolute atomic E-state index is 12.1. The Morgan fingerprint density at radius 2 is 2.14 bits per heavy atom. The second-order valence-corrected chi connectivity index (χ2v) is 5.03. The van der Waals surface area contributed by atoms with Crippen LogP contribution in [0, 0.1) is 11.8 Å².